The summed E-state index contributed by atoms with van der Waals surface area (Å²) in [6, 6.07) is 0. The Morgan fingerprint density at radius 1 is 0.298 bits per heavy atom. The predicted molar refractivity (Wildman–Crippen MR) is 381 cm³/mol. The molecule has 0 aromatic heterocycles. The maximum atomic E-state index is 13.1. The van der Waals surface area contributed by atoms with Crippen molar-refractivity contribution in [3.8, 4) is 0 Å². The molecule has 558 valence electrons. The average Bonchev–Trinajstić information content (AvgIpc) is 1.62. The molecule has 3 unspecified atom stereocenters. The number of hydrogen-bond acceptors (Lipinski definition) is 15. The Morgan fingerprint density at radius 2 is 0.511 bits per heavy atom. The lowest BCUT2D eigenvalue weighted by Crippen LogP contribution is -2.30. The minimum atomic E-state index is -4.96. The van der Waals surface area contributed by atoms with Crippen LogP contribution in [0.1, 0.15) is 376 Å². The first-order valence-electron chi connectivity index (χ1n) is 38.7. The summed E-state index contributed by atoms with van der Waals surface area (Å²) in [5.74, 6) is 0.951. The molecular weight excluding hydrogens is 1230 g/mol. The zero-order chi connectivity index (χ0) is 69.6. The molecule has 0 saturated heterocycles. The van der Waals surface area contributed by atoms with Gasteiger partial charge in [-0.1, -0.05) is 325 Å². The van der Waals surface area contributed by atoms with Gasteiger partial charge in [0.25, 0.3) is 0 Å². The van der Waals surface area contributed by atoms with Crippen LogP contribution in [0.2, 0.25) is 0 Å². The first-order valence-corrected chi connectivity index (χ1v) is 41.7. The molecule has 0 aliphatic rings. The molecule has 0 aromatic rings. The van der Waals surface area contributed by atoms with E-state index in [1.807, 2.05) is 0 Å². The van der Waals surface area contributed by atoms with Gasteiger partial charge in [0.1, 0.15) is 19.3 Å². The molecule has 0 heterocycles. The van der Waals surface area contributed by atoms with Gasteiger partial charge in [0, 0.05) is 25.7 Å². The molecule has 0 spiro atoms. The average molecular weight is 1380 g/mol. The fraction of sp³-hybridized carbons (Fsp3) is 0.947. The lowest BCUT2D eigenvalue weighted by molar-refractivity contribution is -0.161. The van der Waals surface area contributed by atoms with Gasteiger partial charge in [-0.25, -0.2) is 9.13 Å². The molecule has 0 saturated carbocycles. The monoisotopic (exact) mass is 1380 g/mol. The van der Waals surface area contributed by atoms with Crippen molar-refractivity contribution in [3.05, 3.63) is 0 Å². The number of ether oxygens (including phenoxy) is 4. The number of phosphoric ester groups is 2. The molecule has 0 radical (unpaired) electrons. The summed E-state index contributed by atoms with van der Waals surface area (Å²) < 4.78 is 68.5. The smallest absolute Gasteiger partial charge is 0.462 e. The third-order valence-corrected chi connectivity index (χ3v) is 19.6. The van der Waals surface area contributed by atoms with Gasteiger partial charge < -0.3 is 33.8 Å². The fourth-order valence-electron chi connectivity index (χ4n) is 11.3. The van der Waals surface area contributed by atoms with Crippen LogP contribution in [-0.2, 0) is 65.4 Å². The topological polar surface area (TPSA) is 237 Å². The van der Waals surface area contributed by atoms with Crippen molar-refractivity contribution in [2.75, 3.05) is 39.6 Å². The number of esters is 4. The van der Waals surface area contributed by atoms with Crippen LogP contribution < -0.4 is 0 Å². The summed E-state index contributed by atoms with van der Waals surface area (Å²) in [5, 5.41) is 10.6. The quantitative estimate of drug-likeness (QED) is 0.0222. The molecule has 0 aliphatic carbocycles. The highest BCUT2D eigenvalue weighted by Crippen LogP contribution is 2.45. The van der Waals surface area contributed by atoms with Crippen LogP contribution >= 0.6 is 15.6 Å². The minimum absolute atomic E-state index is 0.104. The Morgan fingerprint density at radius 3 is 0.755 bits per heavy atom. The molecule has 0 aliphatic heterocycles. The molecule has 0 bridgehead atoms. The number of carbonyl (C=O) groups is 4. The summed E-state index contributed by atoms with van der Waals surface area (Å²) in [7, 11) is -9.91. The van der Waals surface area contributed by atoms with E-state index in [9.17, 15) is 43.2 Å². The summed E-state index contributed by atoms with van der Waals surface area (Å²) in [5.41, 5.74) is 0. The number of hydrogen-bond donors (Lipinski definition) is 3. The fourth-order valence-corrected chi connectivity index (χ4v) is 12.9. The van der Waals surface area contributed by atoms with E-state index in [1.165, 1.54) is 180 Å². The predicted octanol–water partition coefficient (Wildman–Crippen LogP) is 21.7. The van der Waals surface area contributed by atoms with Gasteiger partial charge in [-0.3, -0.25) is 37.3 Å². The lowest BCUT2D eigenvalue weighted by Gasteiger charge is -2.21. The molecule has 3 N–H and O–H groups in total. The van der Waals surface area contributed by atoms with E-state index in [2.05, 4.69) is 55.4 Å². The normalized spacial score (nSPS) is 14.4. The Hall–Kier alpha value is -1.94. The van der Waals surface area contributed by atoms with Crippen LogP contribution in [0.4, 0.5) is 0 Å². The Balaban J connectivity index is 5.27. The second-order valence-electron chi connectivity index (χ2n) is 28.7. The van der Waals surface area contributed by atoms with E-state index in [0.717, 1.165) is 114 Å². The van der Waals surface area contributed by atoms with E-state index in [1.54, 1.807) is 0 Å². The third-order valence-electron chi connectivity index (χ3n) is 17.7. The van der Waals surface area contributed by atoms with Crippen LogP contribution in [-0.4, -0.2) is 96.7 Å². The maximum Gasteiger partial charge on any atom is 0.472 e. The van der Waals surface area contributed by atoms with E-state index >= 15 is 0 Å². The van der Waals surface area contributed by atoms with Crippen LogP contribution in [0.15, 0.2) is 0 Å². The van der Waals surface area contributed by atoms with E-state index in [0.29, 0.717) is 25.7 Å². The third kappa shape index (κ3) is 67.3. The van der Waals surface area contributed by atoms with E-state index in [-0.39, 0.29) is 25.7 Å². The summed E-state index contributed by atoms with van der Waals surface area (Å²) in [6.45, 7) is 14.2. The number of carbonyl (C=O) groups excluding carboxylic acids is 4. The van der Waals surface area contributed by atoms with Crippen LogP contribution in [0.25, 0.3) is 0 Å². The molecular formula is C75H146O17P2. The molecule has 0 rings (SSSR count). The summed E-state index contributed by atoms with van der Waals surface area (Å²) in [6.07, 6.45) is 48.4. The zero-order valence-corrected chi connectivity index (χ0v) is 63.4. The first kappa shape index (κ1) is 92.1. The Bertz CT molecular complexity index is 1850. The zero-order valence-electron chi connectivity index (χ0n) is 61.6. The molecule has 0 fully saturated rings. The molecule has 0 aromatic carbocycles. The number of aliphatic hydroxyl groups is 1. The van der Waals surface area contributed by atoms with Gasteiger partial charge >= 0.3 is 39.5 Å². The van der Waals surface area contributed by atoms with Crippen molar-refractivity contribution in [2.24, 2.45) is 23.7 Å². The van der Waals surface area contributed by atoms with Crippen LogP contribution in [0.5, 0.6) is 0 Å². The highest BCUT2D eigenvalue weighted by molar-refractivity contribution is 7.47. The minimum Gasteiger partial charge on any atom is -0.462 e. The van der Waals surface area contributed by atoms with Crippen molar-refractivity contribution < 1.29 is 80.2 Å². The highest BCUT2D eigenvalue weighted by Gasteiger charge is 2.30. The molecule has 94 heavy (non-hydrogen) atoms. The Kier molecular flexibility index (Phi) is 63.1. The van der Waals surface area contributed by atoms with Gasteiger partial charge in [-0.15, -0.1) is 0 Å². The van der Waals surface area contributed by atoms with Crippen molar-refractivity contribution >= 4 is 39.5 Å². The maximum absolute atomic E-state index is 13.1. The molecule has 17 nitrogen and oxygen atoms in total. The Labute approximate surface area is 575 Å². The van der Waals surface area contributed by atoms with Crippen molar-refractivity contribution in [3.63, 3.8) is 0 Å². The summed E-state index contributed by atoms with van der Waals surface area (Å²) >= 11 is 0. The molecule has 19 heteroatoms. The van der Waals surface area contributed by atoms with Gasteiger partial charge in [-0.05, 0) is 49.4 Å². The van der Waals surface area contributed by atoms with Crippen molar-refractivity contribution in [1.82, 2.24) is 0 Å². The van der Waals surface area contributed by atoms with Crippen molar-refractivity contribution in [2.45, 2.75) is 395 Å². The van der Waals surface area contributed by atoms with Gasteiger partial charge in [0.2, 0.25) is 0 Å². The second kappa shape index (κ2) is 64.4. The van der Waals surface area contributed by atoms with Gasteiger partial charge in [0.05, 0.1) is 26.4 Å². The number of unbranched alkanes of at least 4 members (excludes halogenated alkanes) is 37. The number of phosphoric acid groups is 2. The first-order chi connectivity index (χ1) is 45.1. The largest absolute Gasteiger partial charge is 0.472 e. The van der Waals surface area contributed by atoms with Gasteiger partial charge in [-0.2, -0.15) is 0 Å². The van der Waals surface area contributed by atoms with Crippen LogP contribution in [0, 0.1) is 23.7 Å². The molecule has 6 atom stereocenters. The summed E-state index contributed by atoms with van der Waals surface area (Å²) in [4.78, 5) is 72.8. The standard InChI is InChI=1S/C75H146O17P2/c1-9-68(8)54-46-38-30-25-26-32-40-48-56-73(78)86-62-71(92-75(80)58-50-42-34-24-18-21-29-37-45-53-67(6)7)64-90-94(83,84)88-60-69(76)59-87-93(81,82)89-63-70(91-74(79)57-49-41-33-23-17-13-11-15-20-28-36-44-52-66(4)5)61-85-72(77)55-47-39-31-22-16-12-10-14-19-27-35-43-51-65(2)3/h65-71,76H,9-64H2,1-8H3,(H,81,82)(H,83,84)/t68?,69-,70-,71-/m1/s1. The highest BCUT2D eigenvalue weighted by atomic mass is 31.2. The van der Waals surface area contributed by atoms with Gasteiger partial charge in [0.15, 0.2) is 12.2 Å². The van der Waals surface area contributed by atoms with E-state index < -0.39 is 97.5 Å². The van der Waals surface area contributed by atoms with E-state index in [4.69, 9.17) is 37.0 Å². The van der Waals surface area contributed by atoms with Crippen LogP contribution in [0.3, 0.4) is 0 Å². The SMILES string of the molecule is CCC(C)CCCCCCCCCCC(=O)OC[C@H](COP(=O)(O)OC[C@H](O)COP(=O)(O)OC[C@@H](COC(=O)CCCCCCCCCCCCCCC(C)C)OC(=O)CCCCCCCCCCCCCCC(C)C)OC(=O)CCCCCCCCCCCC(C)C. The lowest BCUT2D eigenvalue weighted by atomic mass is 9.99. The van der Waals surface area contributed by atoms with Crippen molar-refractivity contribution in [1.29, 1.82) is 0 Å². The number of aliphatic hydroxyl groups excluding tert-OH is 1. The molecule has 0 amide bonds. The number of rotatable bonds is 72. The second-order valence-corrected chi connectivity index (χ2v) is 31.6.